The van der Waals surface area contributed by atoms with Gasteiger partial charge in [-0.2, -0.15) is 0 Å². The van der Waals surface area contributed by atoms with E-state index in [0.29, 0.717) is 17.8 Å². The lowest BCUT2D eigenvalue weighted by Gasteiger charge is -2.23. The van der Waals surface area contributed by atoms with Crippen molar-refractivity contribution in [1.82, 2.24) is 0 Å². The van der Waals surface area contributed by atoms with Crippen molar-refractivity contribution in [3.8, 4) is 0 Å². The van der Waals surface area contributed by atoms with Crippen molar-refractivity contribution in [3.05, 3.63) is 59.7 Å². The molecule has 1 fully saturated rings. The minimum Gasteiger partial charge on any atom is -0.465 e. The molecule has 0 bridgehead atoms. The van der Waals surface area contributed by atoms with E-state index in [0.717, 1.165) is 11.3 Å². The largest absolute Gasteiger partial charge is 0.465 e. The van der Waals surface area contributed by atoms with Gasteiger partial charge in [0.25, 0.3) is 0 Å². The first kappa shape index (κ1) is 20.6. The van der Waals surface area contributed by atoms with Crippen LogP contribution in [0.2, 0.25) is 0 Å². The van der Waals surface area contributed by atoms with Crippen molar-refractivity contribution in [3.63, 3.8) is 0 Å². The molecule has 29 heavy (non-hydrogen) atoms. The Morgan fingerprint density at radius 2 is 1.72 bits per heavy atom. The molecule has 1 atom stereocenters. The quantitative estimate of drug-likeness (QED) is 0.801. The molecule has 0 radical (unpaired) electrons. The molecule has 2 amide bonds. The Balaban J connectivity index is 1.72. The van der Waals surface area contributed by atoms with Crippen molar-refractivity contribution >= 4 is 29.2 Å². The van der Waals surface area contributed by atoms with Crippen molar-refractivity contribution < 1.29 is 19.1 Å². The van der Waals surface area contributed by atoms with Gasteiger partial charge in [0, 0.05) is 24.3 Å². The summed E-state index contributed by atoms with van der Waals surface area (Å²) in [4.78, 5) is 38.5. The highest BCUT2D eigenvalue weighted by Crippen LogP contribution is 2.31. The molecule has 0 saturated carbocycles. The number of carbonyl (C=O) groups is 3. The van der Waals surface area contributed by atoms with Crippen LogP contribution >= 0.6 is 0 Å². The number of esters is 1. The van der Waals surface area contributed by atoms with Crippen molar-refractivity contribution in [2.45, 2.75) is 32.6 Å². The number of amides is 2. The molecule has 1 aliphatic heterocycles. The number of para-hydroxylation sites is 1. The average Bonchev–Trinajstić information content (AvgIpc) is 3.09. The lowest BCUT2D eigenvalue weighted by molar-refractivity contribution is -0.122. The number of rotatable bonds is 4. The van der Waals surface area contributed by atoms with E-state index in [-0.39, 0.29) is 23.7 Å². The Morgan fingerprint density at radius 3 is 2.34 bits per heavy atom. The maximum absolute atomic E-state index is 12.8. The van der Waals surface area contributed by atoms with E-state index >= 15 is 0 Å². The molecular formula is C23H26N2O4. The smallest absolute Gasteiger partial charge is 0.337 e. The molecule has 0 aliphatic carbocycles. The number of hydrogen-bond donors (Lipinski definition) is 1. The fourth-order valence-corrected chi connectivity index (χ4v) is 3.51. The summed E-state index contributed by atoms with van der Waals surface area (Å²) >= 11 is 0. The molecule has 6 heteroatoms. The Morgan fingerprint density at radius 1 is 1.07 bits per heavy atom. The summed E-state index contributed by atoms with van der Waals surface area (Å²) in [6.45, 7) is 6.59. The van der Waals surface area contributed by atoms with E-state index in [2.05, 4.69) is 30.8 Å². The van der Waals surface area contributed by atoms with Gasteiger partial charge in [-0.3, -0.25) is 9.59 Å². The monoisotopic (exact) mass is 394 g/mol. The Labute approximate surface area is 170 Å². The highest BCUT2D eigenvalue weighted by molar-refractivity contribution is 6.04. The summed E-state index contributed by atoms with van der Waals surface area (Å²) in [6, 6.07) is 14.3. The van der Waals surface area contributed by atoms with E-state index in [1.807, 2.05) is 24.3 Å². The molecule has 0 spiro atoms. The van der Waals surface area contributed by atoms with E-state index in [4.69, 9.17) is 0 Å². The number of carbonyl (C=O) groups excluding carboxylic acids is 3. The summed E-state index contributed by atoms with van der Waals surface area (Å²) in [5, 5.41) is 3.00. The zero-order valence-electron chi connectivity index (χ0n) is 17.2. The van der Waals surface area contributed by atoms with Crippen LogP contribution in [-0.4, -0.2) is 31.4 Å². The van der Waals surface area contributed by atoms with Gasteiger partial charge in [-0.1, -0.05) is 39.0 Å². The highest BCUT2D eigenvalue weighted by atomic mass is 16.5. The van der Waals surface area contributed by atoms with Gasteiger partial charge >= 0.3 is 5.97 Å². The van der Waals surface area contributed by atoms with Crippen LogP contribution in [0.15, 0.2) is 48.5 Å². The average molecular weight is 394 g/mol. The first-order valence-corrected chi connectivity index (χ1v) is 9.60. The van der Waals surface area contributed by atoms with E-state index < -0.39 is 11.9 Å². The van der Waals surface area contributed by atoms with Gasteiger partial charge in [0.2, 0.25) is 11.8 Å². The van der Waals surface area contributed by atoms with Gasteiger partial charge in [-0.15, -0.1) is 0 Å². The lowest BCUT2D eigenvalue weighted by atomic mass is 9.85. The second kappa shape index (κ2) is 8.07. The third-order valence-electron chi connectivity index (χ3n) is 5.09. The van der Waals surface area contributed by atoms with Crippen LogP contribution in [0.3, 0.4) is 0 Å². The zero-order valence-corrected chi connectivity index (χ0v) is 17.2. The third kappa shape index (κ3) is 4.47. The molecule has 2 aromatic rings. The summed E-state index contributed by atoms with van der Waals surface area (Å²) in [6.07, 6.45) is 0.155. The number of benzene rings is 2. The van der Waals surface area contributed by atoms with Gasteiger partial charge in [-0.25, -0.2) is 4.79 Å². The number of methoxy groups -OCH3 is 1. The van der Waals surface area contributed by atoms with Gasteiger partial charge in [0.05, 0.1) is 18.6 Å². The van der Waals surface area contributed by atoms with Crippen LogP contribution in [-0.2, 0) is 19.7 Å². The second-order valence-corrected chi connectivity index (χ2v) is 8.23. The van der Waals surface area contributed by atoms with Crippen LogP contribution in [0.4, 0.5) is 11.4 Å². The number of ether oxygens (including phenoxy) is 1. The normalized spacial score (nSPS) is 16.6. The molecule has 1 saturated heterocycles. The fourth-order valence-electron chi connectivity index (χ4n) is 3.51. The molecule has 3 rings (SSSR count). The summed E-state index contributed by atoms with van der Waals surface area (Å²) in [5.74, 6) is -1.14. The Hall–Kier alpha value is -3.15. The van der Waals surface area contributed by atoms with Crippen LogP contribution in [0.5, 0.6) is 0 Å². The molecule has 0 aromatic heterocycles. The molecular weight excluding hydrogens is 368 g/mol. The first-order valence-electron chi connectivity index (χ1n) is 9.60. The Bertz CT molecular complexity index is 929. The van der Waals surface area contributed by atoms with Gasteiger partial charge in [0.1, 0.15) is 0 Å². The molecule has 6 nitrogen and oxygen atoms in total. The topological polar surface area (TPSA) is 75.7 Å². The van der Waals surface area contributed by atoms with E-state index in [9.17, 15) is 14.4 Å². The minimum absolute atomic E-state index is 0.108. The maximum Gasteiger partial charge on any atom is 0.337 e. The summed E-state index contributed by atoms with van der Waals surface area (Å²) in [7, 11) is 1.32. The van der Waals surface area contributed by atoms with Crippen LogP contribution in [0.1, 0.15) is 43.1 Å². The predicted octanol–water partition coefficient (Wildman–Crippen LogP) is 3.76. The summed E-state index contributed by atoms with van der Waals surface area (Å²) < 4.78 is 4.69. The van der Waals surface area contributed by atoms with E-state index in [1.54, 1.807) is 29.2 Å². The van der Waals surface area contributed by atoms with Gasteiger partial charge in [-0.05, 0) is 41.3 Å². The molecule has 1 unspecified atom stereocenters. The third-order valence-corrected chi connectivity index (χ3v) is 5.09. The highest BCUT2D eigenvalue weighted by Gasteiger charge is 2.35. The number of nitrogens with zero attached hydrogens (tertiary/aromatic N) is 1. The molecule has 152 valence electrons. The molecule has 1 N–H and O–H groups in total. The van der Waals surface area contributed by atoms with Crippen LogP contribution < -0.4 is 10.2 Å². The zero-order chi connectivity index (χ0) is 21.2. The first-order chi connectivity index (χ1) is 13.7. The van der Waals surface area contributed by atoms with Gasteiger partial charge < -0.3 is 15.0 Å². The maximum atomic E-state index is 12.8. The number of anilines is 2. The second-order valence-electron chi connectivity index (χ2n) is 8.23. The predicted molar refractivity (Wildman–Crippen MR) is 112 cm³/mol. The molecule has 1 aliphatic rings. The van der Waals surface area contributed by atoms with E-state index in [1.165, 1.54) is 7.11 Å². The number of nitrogens with one attached hydrogen (secondary N) is 1. The SMILES string of the molecule is COC(=O)c1ccc(N2CC(C(=O)Nc3ccccc3C(C)(C)C)CC2=O)cc1. The van der Waals surface area contributed by atoms with Crippen LogP contribution in [0.25, 0.3) is 0 Å². The molecule has 2 aromatic carbocycles. The van der Waals surface area contributed by atoms with Gasteiger partial charge in [0.15, 0.2) is 0 Å². The standard InChI is InChI=1S/C23H26N2O4/c1-23(2,3)18-7-5-6-8-19(18)24-21(27)16-13-20(26)25(14-16)17-11-9-15(10-12-17)22(28)29-4/h5-12,16H,13-14H2,1-4H3,(H,24,27). The number of hydrogen-bond acceptors (Lipinski definition) is 4. The minimum atomic E-state index is -0.434. The van der Waals surface area contributed by atoms with Crippen molar-refractivity contribution in [2.24, 2.45) is 5.92 Å². The van der Waals surface area contributed by atoms with Crippen molar-refractivity contribution in [1.29, 1.82) is 0 Å². The van der Waals surface area contributed by atoms with Crippen molar-refractivity contribution in [2.75, 3.05) is 23.9 Å². The Kier molecular flexibility index (Phi) is 5.73. The summed E-state index contributed by atoms with van der Waals surface area (Å²) in [5.41, 5.74) is 2.79. The molecule has 1 heterocycles. The van der Waals surface area contributed by atoms with Crippen LogP contribution in [0, 0.1) is 5.92 Å². The lowest BCUT2D eigenvalue weighted by Crippen LogP contribution is -2.29. The fraction of sp³-hybridized carbons (Fsp3) is 0.348.